The van der Waals surface area contributed by atoms with Crippen molar-refractivity contribution in [2.45, 2.75) is 26.7 Å². The van der Waals surface area contributed by atoms with E-state index in [4.69, 9.17) is 40.5 Å². The van der Waals surface area contributed by atoms with Gasteiger partial charge in [-0.15, -0.1) is 0 Å². The Hall–Kier alpha value is -3.39. The second-order valence-electron chi connectivity index (χ2n) is 8.02. The molecule has 0 bridgehead atoms. The number of hydrogen-bond donors (Lipinski definition) is 2. The average Bonchev–Trinajstić information content (AvgIpc) is 3.21. The SMILES string of the molecule is CCNC(=O)CCc1cccnc1.Cc1c(C(N)=O)nn(-c2ccc(Cl)cc2Cl)c1-c1ccc(Cl)cc1. The Morgan fingerprint density at radius 2 is 1.73 bits per heavy atom. The van der Waals surface area contributed by atoms with Crippen molar-refractivity contribution in [3.63, 3.8) is 0 Å². The minimum atomic E-state index is -0.605. The van der Waals surface area contributed by atoms with Crippen LogP contribution >= 0.6 is 34.8 Å². The van der Waals surface area contributed by atoms with E-state index in [0.717, 1.165) is 17.5 Å². The fraction of sp³-hybridized carbons (Fsp3) is 0.185. The zero-order valence-corrected chi connectivity index (χ0v) is 22.6. The van der Waals surface area contributed by atoms with E-state index < -0.39 is 5.91 Å². The number of primary amides is 1. The predicted molar refractivity (Wildman–Crippen MR) is 149 cm³/mol. The van der Waals surface area contributed by atoms with Crippen molar-refractivity contribution in [3.8, 4) is 16.9 Å². The summed E-state index contributed by atoms with van der Waals surface area (Å²) in [5, 5.41) is 8.64. The van der Waals surface area contributed by atoms with Crippen LogP contribution in [0.1, 0.15) is 35.0 Å². The number of nitrogens with zero attached hydrogens (tertiary/aromatic N) is 3. The Morgan fingerprint density at radius 3 is 2.32 bits per heavy atom. The fourth-order valence-corrected chi connectivity index (χ4v) is 4.21. The molecule has 4 rings (SSSR count). The molecule has 0 spiro atoms. The van der Waals surface area contributed by atoms with Crippen LogP contribution in [0.25, 0.3) is 16.9 Å². The largest absolute Gasteiger partial charge is 0.364 e. The first kappa shape index (κ1) is 28.2. The number of aromatic nitrogens is 3. The standard InChI is InChI=1S/C17H12Cl3N3O.C10H14N2O/c1-9-15(17(21)24)22-23(14-7-6-12(19)8-13(14)20)16(9)10-2-4-11(18)5-3-10;1-2-12-10(13)6-5-9-4-3-7-11-8-9/h2-8H,1H3,(H2,21,24);3-4,7-8H,2,5-6H2,1H3,(H,12,13). The van der Waals surface area contributed by atoms with Crippen molar-refractivity contribution >= 4 is 46.6 Å². The first-order valence-corrected chi connectivity index (χ1v) is 12.6. The van der Waals surface area contributed by atoms with Gasteiger partial charge in [0.1, 0.15) is 0 Å². The third kappa shape index (κ3) is 7.55. The topological polar surface area (TPSA) is 103 Å². The van der Waals surface area contributed by atoms with E-state index in [1.807, 2.05) is 31.2 Å². The quantitative estimate of drug-likeness (QED) is 0.288. The number of nitrogens with one attached hydrogen (secondary N) is 1. The maximum Gasteiger partial charge on any atom is 0.269 e. The molecule has 2 amide bonds. The highest BCUT2D eigenvalue weighted by Crippen LogP contribution is 2.33. The summed E-state index contributed by atoms with van der Waals surface area (Å²) in [6.07, 6.45) is 4.83. The molecule has 0 aliphatic heterocycles. The first-order chi connectivity index (χ1) is 17.7. The molecule has 0 unspecified atom stereocenters. The van der Waals surface area contributed by atoms with Gasteiger partial charge in [-0.1, -0.05) is 53.0 Å². The number of carbonyl (C=O) groups excluding carboxylic acids is 2. The summed E-state index contributed by atoms with van der Waals surface area (Å²) >= 11 is 18.2. The molecule has 7 nitrogen and oxygen atoms in total. The van der Waals surface area contributed by atoms with Gasteiger partial charge in [-0.2, -0.15) is 5.10 Å². The van der Waals surface area contributed by atoms with E-state index in [9.17, 15) is 9.59 Å². The molecule has 2 aromatic carbocycles. The molecular weight excluding hydrogens is 533 g/mol. The lowest BCUT2D eigenvalue weighted by molar-refractivity contribution is -0.120. The fourth-order valence-electron chi connectivity index (χ4n) is 3.59. The van der Waals surface area contributed by atoms with E-state index in [2.05, 4.69) is 15.4 Å². The van der Waals surface area contributed by atoms with Gasteiger partial charge in [-0.3, -0.25) is 14.6 Å². The molecule has 2 aromatic heterocycles. The van der Waals surface area contributed by atoms with Crippen molar-refractivity contribution in [3.05, 3.63) is 98.9 Å². The van der Waals surface area contributed by atoms with Gasteiger partial charge < -0.3 is 11.1 Å². The van der Waals surface area contributed by atoms with Gasteiger partial charge >= 0.3 is 0 Å². The molecule has 0 atom stereocenters. The second kappa shape index (κ2) is 13.2. The Morgan fingerprint density at radius 1 is 1.03 bits per heavy atom. The van der Waals surface area contributed by atoms with E-state index in [1.54, 1.807) is 54.3 Å². The number of hydrogen-bond acceptors (Lipinski definition) is 4. The molecule has 0 radical (unpaired) electrons. The zero-order chi connectivity index (χ0) is 26.9. The molecule has 0 aliphatic rings. The molecule has 3 N–H and O–H groups in total. The highest BCUT2D eigenvalue weighted by molar-refractivity contribution is 6.35. The molecule has 2 heterocycles. The smallest absolute Gasteiger partial charge is 0.269 e. The summed E-state index contributed by atoms with van der Waals surface area (Å²) in [4.78, 5) is 26.8. The Kier molecular flexibility index (Phi) is 10.1. The van der Waals surface area contributed by atoms with Crippen molar-refractivity contribution in [1.82, 2.24) is 20.1 Å². The summed E-state index contributed by atoms with van der Waals surface area (Å²) in [5.41, 5.74) is 9.55. The van der Waals surface area contributed by atoms with Crippen molar-refractivity contribution in [1.29, 1.82) is 0 Å². The molecule has 0 fully saturated rings. The molecular formula is C27H26Cl3N5O2. The number of aryl methyl sites for hydroxylation is 1. The number of carbonyl (C=O) groups is 2. The monoisotopic (exact) mass is 557 g/mol. The average molecular weight is 559 g/mol. The summed E-state index contributed by atoms with van der Waals surface area (Å²) in [7, 11) is 0. The zero-order valence-electron chi connectivity index (χ0n) is 20.3. The second-order valence-corrected chi connectivity index (χ2v) is 9.30. The lowest BCUT2D eigenvalue weighted by atomic mass is 10.1. The van der Waals surface area contributed by atoms with Crippen LogP contribution in [0.2, 0.25) is 15.1 Å². The van der Waals surface area contributed by atoms with Crippen LogP contribution in [-0.4, -0.2) is 33.1 Å². The first-order valence-electron chi connectivity index (χ1n) is 11.5. The van der Waals surface area contributed by atoms with Crippen LogP contribution < -0.4 is 11.1 Å². The molecule has 10 heteroatoms. The number of amides is 2. The van der Waals surface area contributed by atoms with Gasteiger partial charge in [-0.25, -0.2) is 4.68 Å². The molecule has 4 aromatic rings. The van der Waals surface area contributed by atoms with Crippen LogP contribution in [0, 0.1) is 6.92 Å². The summed E-state index contributed by atoms with van der Waals surface area (Å²) in [6, 6.07) is 16.1. The number of halogens is 3. The number of rotatable bonds is 7. The number of benzene rings is 2. The van der Waals surface area contributed by atoms with Crippen LogP contribution in [0.4, 0.5) is 0 Å². The van der Waals surface area contributed by atoms with Gasteiger partial charge in [0.2, 0.25) is 5.91 Å². The van der Waals surface area contributed by atoms with Crippen LogP contribution in [-0.2, 0) is 11.2 Å². The highest BCUT2D eigenvalue weighted by atomic mass is 35.5. The highest BCUT2D eigenvalue weighted by Gasteiger charge is 2.21. The van der Waals surface area contributed by atoms with E-state index >= 15 is 0 Å². The van der Waals surface area contributed by atoms with Crippen molar-refractivity contribution < 1.29 is 9.59 Å². The van der Waals surface area contributed by atoms with Gasteiger partial charge in [0.15, 0.2) is 5.69 Å². The maximum atomic E-state index is 11.7. The van der Waals surface area contributed by atoms with Gasteiger partial charge in [0.25, 0.3) is 5.91 Å². The van der Waals surface area contributed by atoms with Crippen LogP contribution in [0.5, 0.6) is 0 Å². The third-order valence-electron chi connectivity index (χ3n) is 5.35. The predicted octanol–water partition coefficient (Wildman–Crippen LogP) is 6.06. The number of nitrogens with two attached hydrogens (primary N) is 1. The minimum Gasteiger partial charge on any atom is -0.364 e. The van der Waals surface area contributed by atoms with E-state index in [1.165, 1.54) is 0 Å². The van der Waals surface area contributed by atoms with Crippen LogP contribution in [0.3, 0.4) is 0 Å². The Bertz CT molecular complexity index is 1370. The minimum absolute atomic E-state index is 0.103. The van der Waals surface area contributed by atoms with Gasteiger partial charge in [-0.05, 0) is 62.2 Å². The normalized spacial score (nSPS) is 10.4. The molecule has 0 saturated heterocycles. The Labute approximate surface area is 230 Å². The summed E-state index contributed by atoms with van der Waals surface area (Å²) in [6.45, 7) is 4.41. The maximum absolute atomic E-state index is 11.7. The number of pyridine rings is 1. The lowest BCUT2D eigenvalue weighted by Crippen LogP contribution is -2.22. The van der Waals surface area contributed by atoms with Crippen molar-refractivity contribution in [2.75, 3.05) is 6.54 Å². The summed E-state index contributed by atoms with van der Waals surface area (Å²) in [5.74, 6) is -0.502. The third-order valence-corrected chi connectivity index (χ3v) is 6.14. The van der Waals surface area contributed by atoms with Gasteiger partial charge in [0.05, 0.1) is 16.4 Å². The van der Waals surface area contributed by atoms with E-state index in [0.29, 0.717) is 45.0 Å². The van der Waals surface area contributed by atoms with E-state index in [-0.39, 0.29) is 11.6 Å². The lowest BCUT2D eigenvalue weighted by Gasteiger charge is -2.11. The van der Waals surface area contributed by atoms with Crippen molar-refractivity contribution in [2.24, 2.45) is 5.73 Å². The molecule has 192 valence electrons. The van der Waals surface area contributed by atoms with Gasteiger partial charge in [0, 0.05) is 46.5 Å². The molecule has 0 saturated carbocycles. The molecule has 0 aliphatic carbocycles. The van der Waals surface area contributed by atoms with Crippen LogP contribution in [0.15, 0.2) is 67.0 Å². The Balaban J connectivity index is 0.000000248. The summed E-state index contributed by atoms with van der Waals surface area (Å²) < 4.78 is 1.59. The molecule has 37 heavy (non-hydrogen) atoms.